The molecule has 4 heteroatoms. The summed E-state index contributed by atoms with van der Waals surface area (Å²) in [5.74, 6) is 0.781. The van der Waals surface area contributed by atoms with Crippen molar-refractivity contribution < 1.29 is 4.79 Å². The van der Waals surface area contributed by atoms with E-state index in [9.17, 15) is 4.79 Å². The molecular formula is C16H13N3O. The van der Waals surface area contributed by atoms with Crippen LogP contribution >= 0.6 is 0 Å². The molecule has 0 atom stereocenters. The molecule has 0 aliphatic carbocycles. The Morgan fingerprint density at radius 1 is 0.950 bits per heavy atom. The van der Waals surface area contributed by atoms with Gasteiger partial charge >= 0.3 is 0 Å². The van der Waals surface area contributed by atoms with E-state index in [1.54, 1.807) is 4.90 Å². The van der Waals surface area contributed by atoms with Gasteiger partial charge < -0.3 is 0 Å². The van der Waals surface area contributed by atoms with Gasteiger partial charge in [0, 0.05) is 12.2 Å². The van der Waals surface area contributed by atoms with Crippen LogP contribution in [0.1, 0.15) is 10.4 Å². The number of para-hydroxylation sites is 2. The number of nitrogens with zero attached hydrogens (tertiary/aromatic N) is 3. The van der Waals surface area contributed by atoms with Gasteiger partial charge in [-0.3, -0.25) is 19.6 Å². The van der Waals surface area contributed by atoms with Crippen LogP contribution in [0.5, 0.6) is 0 Å². The van der Waals surface area contributed by atoms with E-state index >= 15 is 0 Å². The maximum absolute atomic E-state index is 12.5. The molecule has 0 spiro atoms. The lowest BCUT2D eigenvalue weighted by Crippen LogP contribution is -2.47. The number of fused-ring (bicyclic) bond motifs is 2. The zero-order chi connectivity index (χ0) is 13.5. The van der Waals surface area contributed by atoms with Crippen LogP contribution in [0.15, 0.2) is 59.6 Å². The zero-order valence-corrected chi connectivity index (χ0v) is 10.9. The Hall–Kier alpha value is -2.62. The summed E-state index contributed by atoms with van der Waals surface area (Å²) in [5.41, 5.74) is 2.66. The summed E-state index contributed by atoms with van der Waals surface area (Å²) in [4.78, 5) is 20.8. The standard InChI is InChI=1S/C16H13N3O/c20-15-13-8-4-5-9-14(13)19(12-6-2-1-3-7-12)16-17-10-11-18(15)16/h1-9H,10-11H2. The van der Waals surface area contributed by atoms with Crippen LogP contribution in [0.2, 0.25) is 0 Å². The minimum absolute atomic E-state index is 0.0454. The predicted octanol–water partition coefficient (Wildman–Crippen LogP) is 2.65. The molecule has 2 aliphatic heterocycles. The van der Waals surface area contributed by atoms with Gasteiger partial charge in [0.1, 0.15) is 0 Å². The third-order valence-electron chi connectivity index (χ3n) is 3.65. The SMILES string of the molecule is O=C1c2ccccc2N(c2ccccc2)C2=NCCN12. The van der Waals surface area contributed by atoms with Crippen molar-refractivity contribution in [1.29, 1.82) is 0 Å². The predicted molar refractivity (Wildman–Crippen MR) is 78.4 cm³/mol. The van der Waals surface area contributed by atoms with Gasteiger partial charge in [-0.1, -0.05) is 30.3 Å². The molecule has 2 aromatic carbocycles. The molecule has 0 unspecified atom stereocenters. The summed E-state index contributed by atoms with van der Waals surface area (Å²) < 4.78 is 0. The van der Waals surface area contributed by atoms with E-state index in [4.69, 9.17) is 0 Å². The number of aliphatic imine (C=N–C) groups is 1. The highest BCUT2D eigenvalue weighted by Crippen LogP contribution is 2.35. The Bertz CT molecular complexity index is 709. The number of amides is 1. The molecule has 0 saturated heterocycles. The Balaban J connectivity index is 1.96. The molecule has 0 N–H and O–H groups in total. The number of guanidine groups is 1. The smallest absolute Gasteiger partial charge is 0.262 e. The summed E-state index contributed by atoms with van der Waals surface area (Å²) in [6.45, 7) is 1.32. The van der Waals surface area contributed by atoms with Crippen LogP contribution in [-0.4, -0.2) is 29.9 Å². The monoisotopic (exact) mass is 263 g/mol. The van der Waals surface area contributed by atoms with Crippen LogP contribution in [-0.2, 0) is 0 Å². The number of hydrogen-bond donors (Lipinski definition) is 0. The van der Waals surface area contributed by atoms with Gasteiger partial charge in [0.15, 0.2) is 0 Å². The van der Waals surface area contributed by atoms with Crippen molar-refractivity contribution in [2.75, 3.05) is 18.0 Å². The first kappa shape index (κ1) is 11.2. The molecule has 2 aromatic rings. The fourth-order valence-corrected chi connectivity index (χ4v) is 2.75. The van der Waals surface area contributed by atoms with Crippen molar-refractivity contribution in [3.05, 3.63) is 60.2 Å². The van der Waals surface area contributed by atoms with Gasteiger partial charge in [0.2, 0.25) is 5.96 Å². The minimum Gasteiger partial charge on any atom is -0.280 e. The summed E-state index contributed by atoms with van der Waals surface area (Å²) in [7, 11) is 0. The van der Waals surface area contributed by atoms with E-state index in [-0.39, 0.29) is 5.91 Å². The van der Waals surface area contributed by atoms with Gasteiger partial charge in [0.05, 0.1) is 17.8 Å². The lowest BCUT2D eigenvalue weighted by Gasteiger charge is -2.35. The highest BCUT2D eigenvalue weighted by atomic mass is 16.2. The number of rotatable bonds is 1. The van der Waals surface area contributed by atoms with Crippen molar-refractivity contribution in [3.8, 4) is 0 Å². The average molecular weight is 263 g/mol. The molecule has 0 fully saturated rings. The number of hydrogen-bond acceptors (Lipinski definition) is 3. The molecule has 1 amide bonds. The Labute approximate surface area is 117 Å². The average Bonchev–Trinajstić information content (AvgIpc) is 2.98. The Kier molecular flexibility index (Phi) is 2.36. The van der Waals surface area contributed by atoms with E-state index in [2.05, 4.69) is 9.89 Å². The molecule has 0 radical (unpaired) electrons. The van der Waals surface area contributed by atoms with Crippen LogP contribution in [0, 0.1) is 0 Å². The van der Waals surface area contributed by atoms with Crippen molar-refractivity contribution in [2.45, 2.75) is 0 Å². The maximum atomic E-state index is 12.5. The molecule has 2 heterocycles. The van der Waals surface area contributed by atoms with E-state index < -0.39 is 0 Å². The summed E-state index contributed by atoms with van der Waals surface area (Å²) in [6, 6.07) is 17.7. The zero-order valence-electron chi connectivity index (χ0n) is 10.9. The second-order valence-electron chi connectivity index (χ2n) is 4.83. The molecule has 2 aliphatic rings. The highest BCUT2D eigenvalue weighted by molar-refractivity contribution is 6.21. The highest BCUT2D eigenvalue weighted by Gasteiger charge is 2.37. The maximum Gasteiger partial charge on any atom is 0.262 e. The first-order chi connectivity index (χ1) is 9.86. The summed E-state index contributed by atoms with van der Waals surface area (Å²) in [5, 5.41) is 0. The largest absolute Gasteiger partial charge is 0.280 e. The number of carbonyl (C=O) groups excluding carboxylic acids is 1. The molecular weight excluding hydrogens is 250 g/mol. The van der Waals surface area contributed by atoms with Gasteiger partial charge in [-0.2, -0.15) is 0 Å². The summed E-state index contributed by atoms with van der Waals surface area (Å²) in [6.07, 6.45) is 0. The van der Waals surface area contributed by atoms with Crippen LogP contribution in [0.4, 0.5) is 11.4 Å². The van der Waals surface area contributed by atoms with Crippen molar-refractivity contribution in [3.63, 3.8) is 0 Å². The Morgan fingerprint density at radius 3 is 2.55 bits per heavy atom. The van der Waals surface area contributed by atoms with Crippen molar-refractivity contribution in [2.24, 2.45) is 4.99 Å². The molecule has 0 bridgehead atoms. The molecule has 4 rings (SSSR count). The number of anilines is 2. The third kappa shape index (κ3) is 1.48. The van der Waals surface area contributed by atoms with Crippen LogP contribution in [0.25, 0.3) is 0 Å². The van der Waals surface area contributed by atoms with E-state index in [0.717, 1.165) is 22.9 Å². The molecule has 4 nitrogen and oxygen atoms in total. The lowest BCUT2D eigenvalue weighted by molar-refractivity contribution is 0.0853. The van der Waals surface area contributed by atoms with E-state index in [1.807, 2.05) is 54.6 Å². The second-order valence-corrected chi connectivity index (χ2v) is 4.83. The first-order valence-electron chi connectivity index (χ1n) is 6.67. The van der Waals surface area contributed by atoms with Crippen LogP contribution < -0.4 is 4.90 Å². The lowest BCUT2D eigenvalue weighted by atomic mass is 10.1. The number of benzene rings is 2. The van der Waals surface area contributed by atoms with E-state index in [0.29, 0.717) is 13.1 Å². The molecule has 0 saturated carbocycles. The summed E-state index contributed by atoms with van der Waals surface area (Å²) >= 11 is 0. The topological polar surface area (TPSA) is 35.9 Å². The molecule has 98 valence electrons. The first-order valence-corrected chi connectivity index (χ1v) is 6.67. The number of carbonyl (C=O) groups is 1. The van der Waals surface area contributed by atoms with Gasteiger partial charge in [-0.25, -0.2) is 0 Å². The fraction of sp³-hybridized carbons (Fsp3) is 0.125. The van der Waals surface area contributed by atoms with E-state index in [1.165, 1.54) is 0 Å². The Morgan fingerprint density at radius 2 is 1.70 bits per heavy atom. The van der Waals surface area contributed by atoms with Gasteiger partial charge in [0.25, 0.3) is 5.91 Å². The van der Waals surface area contributed by atoms with Gasteiger partial charge in [-0.15, -0.1) is 0 Å². The normalized spacial score (nSPS) is 16.8. The fourth-order valence-electron chi connectivity index (χ4n) is 2.75. The molecule has 0 aromatic heterocycles. The second kappa shape index (κ2) is 4.20. The van der Waals surface area contributed by atoms with Gasteiger partial charge in [-0.05, 0) is 24.3 Å². The minimum atomic E-state index is 0.0454. The third-order valence-corrected chi connectivity index (χ3v) is 3.65. The quantitative estimate of drug-likeness (QED) is 0.793. The van der Waals surface area contributed by atoms with Crippen LogP contribution in [0.3, 0.4) is 0 Å². The van der Waals surface area contributed by atoms with Crippen molar-refractivity contribution in [1.82, 2.24) is 4.90 Å². The molecule has 20 heavy (non-hydrogen) atoms. The van der Waals surface area contributed by atoms with Crippen molar-refractivity contribution >= 4 is 23.2 Å².